The van der Waals surface area contributed by atoms with Gasteiger partial charge in [-0.05, 0) is 31.8 Å². The fourth-order valence-corrected chi connectivity index (χ4v) is 7.45. The Morgan fingerprint density at radius 3 is 2.86 bits per heavy atom. The minimum absolute atomic E-state index is 0.0963. The zero-order valence-corrected chi connectivity index (χ0v) is 14.5. The van der Waals surface area contributed by atoms with Crippen molar-refractivity contribution in [2.24, 2.45) is 11.7 Å². The summed E-state index contributed by atoms with van der Waals surface area (Å²) >= 11 is 1.77. The summed E-state index contributed by atoms with van der Waals surface area (Å²) in [6.45, 7) is 6.53. The summed E-state index contributed by atoms with van der Waals surface area (Å²) < 4.78 is 25.1. The highest BCUT2D eigenvalue weighted by Gasteiger charge is 2.53. The largest absolute Gasteiger partial charge is 0.329 e. The molecule has 3 rings (SSSR count). The average molecular weight is 334 g/mol. The van der Waals surface area contributed by atoms with E-state index < -0.39 is 9.84 Å². The minimum atomic E-state index is -3.05. The van der Waals surface area contributed by atoms with Crippen LogP contribution in [-0.4, -0.2) is 79.1 Å². The van der Waals surface area contributed by atoms with Gasteiger partial charge in [0.05, 0.1) is 0 Å². The van der Waals surface area contributed by atoms with Gasteiger partial charge >= 0.3 is 0 Å². The summed E-state index contributed by atoms with van der Waals surface area (Å²) in [5, 5.41) is -0.336. The van der Waals surface area contributed by atoms with E-state index in [0.717, 1.165) is 38.4 Å². The molecule has 0 aromatic carbocycles. The molecule has 0 radical (unpaired) electrons. The van der Waals surface area contributed by atoms with Crippen LogP contribution in [0.4, 0.5) is 0 Å². The van der Waals surface area contributed by atoms with Crippen molar-refractivity contribution >= 4 is 21.6 Å². The molecule has 5 nitrogen and oxygen atoms in total. The van der Waals surface area contributed by atoms with Crippen molar-refractivity contribution < 1.29 is 8.42 Å². The lowest BCUT2D eigenvalue weighted by atomic mass is 9.77. The summed E-state index contributed by atoms with van der Waals surface area (Å²) in [5.41, 5.74) is 6.14. The van der Waals surface area contributed by atoms with Crippen LogP contribution in [0.25, 0.3) is 0 Å². The van der Waals surface area contributed by atoms with Gasteiger partial charge in [0.25, 0.3) is 0 Å². The number of piperidine rings is 1. The van der Waals surface area contributed by atoms with Gasteiger partial charge in [0.15, 0.2) is 9.84 Å². The highest BCUT2D eigenvalue weighted by molar-refractivity contribution is 8.01. The van der Waals surface area contributed by atoms with Crippen molar-refractivity contribution in [3.05, 3.63) is 0 Å². The fourth-order valence-electron chi connectivity index (χ4n) is 4.37. The summed E-state index contributed by atoms with van der Waals surface area (Å²) in [7, 11) is -3.05. The molecule has 21 heavy (non-hydrogen) atoms. The van der Waals surface area contributed by atoms with E-state index in [1.165, 1.54) is 6.42 Å². The van der Waals surface area contributed by atoms with E-state index in [4.69, 9.17) is 5.73 Å². The molecular weight excluding hydrogens is 306 g/mol. The van der Waals surface area contributed by atoms with Crippen LogP contribution in [0.15, 0.2) is 0 Å². The topological polar surface area (TPSA) is 66.6 Å². The van der Waals surface area contributed by atoms with Crippen LogP contribution in [0.5, 0.6) is 0 Å². The number of thioether (sulfide) groups is 1. The van der Waals surface area contributed by atoms with Crippen molar-refractivity contribution in [2.45, 2.75) is 30.7 Å². The maximum absolute atomic E-state index is 12.6. The molecule has 3 fully saturated rings. The molecule has 7 heteroatoms. The monoisotopic (exact) mass is 333 g/mol. The van der Waals surface area contributed by atoms with Crippen LogP contribution in [0.3, 0.4) is 0 Å². The van der Waals surface area contributed by atoms with E-state index in [1.54, 1.807) is 18.7 Å². The van der Waals surface area contributed by atoms with Gasteiger partial charge in [-0.3, -0.25) is 4.90 Å². The third kappa shape index (κ3) is 2.65. The molecule has 0 aromatic rings. The molecule has 2 N–H and O–H groups in total. The van der Waals surface area contributed by atoms with Gasteiger partial charge in [0.2, 0.25) is 0 Å². The van der Waals surface area contributed by atoms with Gasteiger partial charge in [0.1, 0.15) is 5.37 Å². The number of sulfone groups is 1. The van der Waals surface area contributed by atoms with Crippen LogP contribution >= 0.6 is 11.8 Å². The molecule has 0 saturated carbocycles. The zero-order valence-electron chi connectivity index (χ0n) is 12.8. The molecule has 4 unspecified atom stereocenters. The molecule has 0 spiro atoms. The Morgan fingerprint density at radius 2 is 2.14 bits per heavy atom. The molecule has 3 aliphatic heterocycles. The predicted molar refractivity (Wildman–Crippen MR) is 88.2 cm³/mol. The number of nitrogens with two attached hydrogens (primary N) is 1. The molecule has 0 aliphatic carbocycles. The highest BCUT2D eigenvalue weighted by atomic mass is 32.2. The van der Waals surface area contributed by atoms with Crippen molar-refractivity contribution in [1.82, 2.24) is 9.80 Å². The van der Waals surface area contributed by atoms with Gasteiger partial charge in [-0.1, -0.05) is 6.92 Å². The van der Waals surface area contributed by atoms with Crippen molar-refractivity contribution in [3.63, 3.8) is 0 Å². The summed E-state index contributed by atoms with van der Waals surface area (Å²) in [4.78, 5) is 4.80. The van der Waals surface area contributed by atoms with E-state index in [2.05, 4.69) is 9.80 Å². The SMILES string of the molecule is CCS(=O)(=O)C1CSCCN1C1(CN)CCN2CCC1C2. The number of fused-ring (bicyclic) bond motifs is 2. The maximum atomic E-state index is 12.6. The van der Waals surface area contributed by atoms with E-state index in [0.29, 0.717) is 18.2 Å². The molecule has 122 valence electrons. The van der Waals surface area contributed by atoms with Gasteiger partial charge in [0, 0.05) is 42.4 Å². The first kappa shape index (κ1) is 16.1. The Bertz CT molecular complexity index is 485. The average Bonchev–Trinajstić information content (AvgIpc) is 2.92. The maximum Gasteiger partial charge on any atom is 0.166 e. The number of rotatable bonds is 4. The van der Waals surface area contributed by atoms with Gasteiger partial charge in [-0.15, -0.1) is 0 Å². The smallest absolute Gasteiger partial charge is 0.166 e. The number of nitrogens with zero attached hydrogens (tertiary/aromatic N) is 2. The standard InChI is InChI=1S/C14H27N3O2S2/c1-2-21(18,19)13-10-20-8-7-17(13)14(11-15)4-6-16-5-3-12(14)9-16/h12-13H,2-11,15H2,1H3. The summed E-state index contributed by atoms with van der Waals surface area (Å²) in [6.07, 6.45) is 2.19. The molecule has 3 aliphatic rings. The Kier molecular flexibility index (Phi) is 4.59. The Morgan fingerprint density at radius 1 is 1.33 bits per heavy atom. The molecule has 0 aromatic heterocycles. The molecule has 4 atom stereocenters. The van der Waals surface area contributed by atoms with Crippen molar-refractivity contribution in [2.75, 3.05) is 50.0 Å². The van der Waals surface area contributed by atoms with Crippen LogP contribution in [0.1, 0.15) is 19.8 Å². The molecule has 3 saturated heterocycles. The first-order valence-corrected chi connectivity index (χ1v) is 10.9. The van der Waals surface area contributed by atoms with Crippen molar-refractivity contribution in [1.29, 1.82) is 0 Å². The zero-order chi connectivity index (χ0) is 15.1. The quantitative estimate of drug-likeness (QED) is 0.794. The first-order chi connectivity index (χ1) is 10.0. The Hall–Kier alpha value is 0.180. The molecule has 0 amide bonds. The summed E-state index contributed by atoms with van der Waals surface area (Å²) in [5.74, 6) is 2.49. The lowest BCUT2D eigenvalue weighted by Crippen LogP contribution is -2.67. The van der Waals surface area contributed by atoms with E-state index in [1.807, 2.05) is 0 Å². The van der Waals surface area contributed by atoms with Gasteiger partial charge in [-0.2, -0.15) is 11.8 Å². The van der Waals surface area contributed by atoms with Crippen LogP contribution in [0.2, 0.25) is 0 Å². The van der Waals surface area contributed by atoms with Crippen LogP contribution in [-0.2, 0) is 9.84 Å². The fraction of sp³-hybridized carbons (Fsp3) is 1.00. The number of hydrogen-bond donors (Lipinski definition) is 1. The second-order valence-electron chi connectivity index (χ2n) is 6.52. The normalized spacial score (nSPS) is 41.3. The van der Waals surface area contributed by atoms with Crippen molar-refractivity contribution in [3.8, 4) is 0 Å². The van der Waals surface area contributed by atoms with Crippen LogP contribution < -0.4 is 5.73 Å². The second-order valence-corrected chi connectivity index (χ2v) is 10.1. The van der Waals surface area contributed by atoms with E-state index >= 15 is 0 Å². The molecule has 3 heterocycles. The molecular formula is C14H27N3O2S2. The lowest BCUT2D eigenvalue weighted by molar-refractivity contribution is 0.00451. The Labute approximate surface area is 132 Å². The van der Waals surface area contributed by atoms with Gasteiger partial charge in [-0.25, -0.2) is 8.42 Å². The predicted octanol–water partition coefficient (Wildman–Crippen LogP) is 0.219. The van der Waals surface area contributed by atoms with E-state index in [9.17, 15) is 8.42 Å². The Balaban J connectivity index is 1.94. The number of hydrogen-bond acceptors (Lipinski definition) is 6. The van der Waals surface area contributed by atoms with Crippen LogP contribution in [0, 0.1) is 5.92 Å². The third-order valence-electron chi connectivity index (χ3n) is 5.72. The summed E-state index contributed by atoms with van der Waals surface area (Å²) in [6, 6.07) is 0. The highest BCUT2D eigenvalue weighted by Crippen LogP contribution is 2.42. The lowest BCUT2D eigenvalue weighted by Gasteiger charge is -2.53. The molecule has 2 bridgehead atoms. The first-order valence-electron chi connectivity index (χ1n) is 8.02. The van der Waals surface area contributed by atoms with Gasteiger partial charge < -0.3 is 10.6 Å². The second kappa shape index (κ2) is 6.00. The van der Waals surface area contributed by atoms with E-state index in [-0.39, 0.29) is 16.7 Å². The minimum Gasteiger partial charge on any atom is -0.329 e. The third-order valence-corrected chi connectivity index (χ3v) is 9.01.